The molecule has 102 valence electrons. The average Bonchev–Trinajstić information content (AvgIpc) is 3.17. The van der Waals surface area contributed by atoms with Crippen LogP contribution in [0.1, 0.15) is 24.6 Å². The maximum absolute atomic E-state index is 5.37. The minimum atomic E-state index is 0.281. The van der Waals surface area contributed by atoms with E-state index in [4.69, 9.17) is 9.47 Å². The van der Waals surface area contributed by atoms with Crippen molar-refractivity contribution in [3.05, 3.63) is 34.7 Å². The zero-order valence-corrected chi connectivity index (χ0v) is 12.2. The number of nitrogens with zero attached hydrogens (tertiary/aromatic N) is 2. The predicted octanol–water partition coefficient (Wildman–Crippen LogP) is 3.59. The van der Waals surface area contributed by atoms with Crippen LogP contribution in [0.25, 0.3) is 0 Å². The van der Waals surface area contributed by atoms with Gasteiger partial charge in [-0.1, -0.05) is 0 Å². The van der Waals surface area contributed by atoms with E-state index in [0.29, 0.717) is 5.92 Å². The zero-order valence-electron chi connectivity index (χ0n) is 10.6. The lowest BCUT2D eigenvalue weighted by atomic mass is 10.3. The SMILES string of the molecule is Brc1cc(Nc2ccc3c(c2)OCO3)nc(C2CC2)n1. The lowest BCUT2D eigenvalue weighted by Gasteiger charge is -2.08. The van der Waals surface area contributed by atoms with Crippen molar-refractivity contribution in [3.63, 3.8) is 0 Å². The Balaban J connectivity index is 1.62. The average molecular weight is 334 g/mol. The summed E-state index contributed by atoms with van der Waals surface area (Å²) in [4.78, 5) is 8.98. The van der Waals surface area contributed by atoms with E-state index < -0.39 is 0 Å². The number of aromatic nitrogens is 2. The Morgan fingerprint density at radius 1 is 1.10 bits per heavy atom. The van der Waals surface area contributed by atoms with Crippen molar-refractivity contribution < 1.29 is 9.47 Å². The molecule has 1 aromatic carbocycles. The second-order valence-corrected chi connectivity index (χ2v) is 5.71. The molecule has 1 fully saturated rings. The van der Waals surface area contributed by atoms with E-state index in [2.05, 4.69) is 31.2 Å². The largest absolute Gasteiger partial charge is 0.454 e. The Bertz CT molecular complexity index is 673. The van der Waals surface area contributed by atoms with Crippen molar-refractivity contribution >= 4 is 27.4 Å². The van der Waals surface area contributed by atoms with Crippen molar-refractivity contribution in [3.8, 4) is 11.5 Å². The molecule has 0 amide bonds. The summed E-state index contributed by atoms with van der Waals surface area (Å²) < 4.78 is 11.5. The van der Waals surface area contributed by atoms with Gasteiger partial charge in [-0.3, -0.25) is 0 Å². The molecule has 1 aliphatic heterocycles. The molecule has 20 heavy (non-hydrogen) atoms. The number of halogens is 1. The molecule has 1 N–H and O–H groups in total. The Morgan fingerprint density at radius 3 is 2.80 bits per heavy atom. The molecule has 2 aromatic rings. The molecular formula is C14H12BrN3O2. The third-order valence-corrected chi connectivity index (χ3v) is 3.71. The molecule has 1 saturated carbocycles. The fourth-order valence-corrected chi connectivity index (χ4v) is 2.54. The Labute approximate surface area is 124 Å². The van der Waals surface area contributed by atoms with Gasteiger partial charge in [0.25, 0.3) is 0 Å². The molecular weight excluding hydrogens is 322 g/mol. The van der Waals surface area contributed by atoms with E-state index in [1.54, 1.807) is 0 Å². The van der Waals surface area contributed by atoms with E-state index in [0.717, 1.165) is 33.4 Å². The number of hydrogen-bond acceptors (Lipinski definition) is 5. The lowest BCUT2D eigenvalue weighted by Crippen LogP contribution is -1.99. The van der Waals surface area contributed by atoms with Gasteiger partial charge in [0.15, 0.2) is 11.5 Å². The van der Waals surface area contributed by atoms with Gasteiger partial charge in [-0.25, -0.2) is 9.97 Å². The topological polar surface area (TPSA) is 56.3 Å². The third-order valence-electron chi connectivity index (χ3n) is 3.30. The summed E-state index contributed by atoms with van der Waals surface area (Å²) in [5, 5.41) is 3.28. The molecule has 5 nitrogen and oxygen atoms in total. The minimum Gasteiger partial charge on any atom is -0.454 e. The summed E-state index contributed by atoms with van der Waals surface area (Å²) >= 11 is 3.44. The normalized spacial score (nSPS) is 16.2. The van der Waals surface area contributed by atoms with Gasteiger partial charge in [-0.2, -0.15) is 0 Å². The van der Waals surface area contributed by atoms with Gasteiger partial charge in [0.05, 0.1) is 0 Å². The Kier molecular flexibility index (Phi) is 2.77. The van der Waals surface area contributed by atoms with Crippen LogP contribution in [0, 0.1) is 0 Å². The van der Waals surface area contributed by atoms with E-state index in [-0.39, 0.29) is 6.79 Å². The first-order valence-electron chi connectivity index (χ1n) is 6.49. The van der Waals surface area contributed by atoms with E-state index in [1.807, 2.05) is 24.3 Å². The number of hydrogen-bond donors (Lipinski definition) is 1. The fourth-order valence-electron chi connectivity index (χ4n) is 2.15. The number of ether oxygens (including phenoxy) is 2. The fraction of sp³-hybridized carbons (Fsp3) is 0.286. The van der Waals surface area contributed by atoms with Gasteiger partial charge in [0, 0.05) is 23.7 Å². The van der Waals surface area contributed by atoms with Crippen LogP contribution in [0.5, 0.6) is 11.5 Å². The molecule has 1 aromatic heterocycles. The summed E-state index contributed by atoms with van der Waals surface area (Å²) in [7, 11) is 0. The summed E-state index contributed by atoms with van der Waals surface area (Å²) in [6, 6.07) is 7.62. The van der Waals surface area contributed by atoms with Crippen molar-refractivity contribution in [1.82, 2.24) is 9.97 Å². The molecule has 1 aliphatic carbocycles. The summed E-state index contributed by atoms with van der Waals surface area (Å²) in [6.07, 6.45) is 2.36. The van der Waals surface area contributed by atoms with Crippen LogP contribution < -0.4 is 14.8 Å². The van der Waals surface area contributed by atoms with Gasteiger partial charge in [-0.05, 0) is 40.9 Å². The third kappa shape index (κ3) is 2.31. The second-order valence-electron chi connectivity index (χ2n) is 4.90. The predicted molar refractivity (Wildman–Crippen MR) is 77.6 cm³/mol. The Hall–Kier alpha value is -1.82. The first-order chi connectivity index (χ1) is 9.78. The number of rotatable bonds is 3. The standard InChI is InChI=1S/C14H12BrN3O2/c15-12-6-13(18-14(17-12)8-1-2-8)16-9-3-4-10-11(5-9)20-7-19-10/h3-6,8H,1-2,7H2,(H,16,17,18). The van der Waals surface area contributed by atoms with Crippen molar-refractivity contribution in [2.24, 2.45) is 0 Å². The number of anilines is 2. The molecule has 6 heteroatoms. The molecule has 0 atom stereocenters. The highest BCUT2D eigenvalue weighted by Gasteiger charge is 2.27. The molecule has 0 saturated heterocycles. The van der Waals surface area contributed by atoms with Crippen LogP contribution >= 0.6 is 15.9 Å². The monoisotopic (exact) mass is 333 g/mol. The first kappa shape index (κ1) is 12.0. The van der Waals surface area contributed by atoms with Crippen LogP contribution in [0.2, 0.25) is 0 Å². The van der Waals surface area contributed by atoms with Crippen LogP contribution in [-0.2, 0) is 0 Å². The summed E-state index contributed by atoms with van der Waals surface area (Å²) in [5.41, 5.74) is 0.918. The highest BCUT2D eigenvalue weighted by molar-refractivity contribution is 9.10. The van der Waals surface area contributed by atoms with Crippen LogP contribution in [-0.4, -0.2) is 16.8 Å². The van der Waals surface area contributed by atoms with Crippen molar-refractivity contribution in [1.29, 1.82) is 0 Å². The van der Waals surface area contributed by atoms with Crippen molar-refractivity contribution in [2.75, 3.05) is 12.1 Å². The van der Waals surface area contributed by atoms with Crippen molar-refractivity contribution in [2.45, 2.75) is 18.8 Å². The minimum absolute atomic E-state index is 0.281. The van der Waals surface area contributed by atoms with Gasteiger partial charge < -0.3 is 14.8 Å². The van der Waals surface area contributed by atoms with Gasteiger partial charge in [0.1, 0.15) is 16.2 Å². The lowest BCUT2D eigenvalue weighted by molar-refractivity contribution is 0.174. The Morgan fingerprint density at radius 2 is 1.95 bits per heavy atom. The zero-order chi connectivity index (χ0) is 13.5. The molecule has 0 spiro atoms. The highest BCUT2D eigenvalue weighted by atomic mass is 79.9. The molecule has 0 unspecified atom stereocenters. The molecule has 2 aliphatic rings. The smallest absolute Gasteiger partial charge is 0.231 e. The first-order valence-corrected chi connectivity index (χ1v) is 7.28. The molecule has 0 radical (unpaired) electrons. The van der Waals surface area contributed by atoms with E-state index in [9.17, 15) is 0 Å². The van der Waals surface area contributed by atoms with E-state index in [1.165, 1.54) is 12.8 Å². The summed E-state index contributed by atoms with van der Waals surface area (Å²) in [6.45, 7) is 0.281. The number of fused-ring (bicyclic) bond motifs is 1. The van der Waals surface area contributed by atoms with Crippen LogP contribution in [0.3, 0.4) is 0 Å². The van der Waals surface area contributed by atoms with Crippen LogP contribution in [0.15, 0.2) is 28.9 Å². The van der Waals surface area contributed by atoms with Gasteiger partial charge >= 0.3 is 0 Å². The number of benzene rings is 1. The number of nitrogens with one attached hydrogen (secondary N) is 1. The maximum Gasteiger partial charge on any atom is 0.231 e. The van der Waals surface area contributed by atoms with E-state index >= 15 is 0 Å². The summed E-state index contributed by atoms with van der Waals surface area (Å²) in [5.74, 6) is 3.74. The van der Waals surface area contributed by atoms with Gasteiger partial charge in [-0.15, -0.1) is 0 Å². The van der Waals surface area contributed by atoms with Crippen LogP contribution in [0.4, 0.5) is 11.5 Å². The molecule has 4 rings (SSSR count). The molecule has 2 heterocycles. The van der Waals surface area contributed by atoms with Gasteiger partial charge in [0.2, 0.25) is 6.79 Å². The molecule has 0 bridgehead atoms. The quantitative estimate of drug-likeness (QED) is 0.870. The highest BCUT2D eigenvalue weighted by Crippen LogP contribution is 2.39. The second kappa shape index (κ2) is 4.63. The maximum atomic E-state index is 5.37.